The van der Waals surface area contributed by atoms with E-state index in [1.54, 1.807) is 49.0 Å². The molecule has 1 N–H and O–H groups in total. The Labute approximate surface area is 170 Å². The van der Waals surface area contributed by atoms with Crippen molar-refractivity contribution in [3.05, 3.63) is 86.9 Å². The number of anilines is 1. The Hall–Kier alpha value is -3.39. The van der Waals surface area contributed by atoms with Gasteiger partial charge in [0.05, 0.1) is 16.3 Å². The lowest BCUT2D eigenvalue weighted by Crippen LogP contribution is -2.33. The minimum Gasteiger partial charge on any atom is -0.283 e. The van der Waals surface area contributed by atoms with Gasteiger partial charge in [-0.25, -0.2) is 14.0 Å². The van der Waals surface area contributed by atoms with Crippen molar-refractivity contribution in [3.8, 4) is 5.69 Å². The van der Waals surface area contributed by atoms with Gasteiger partial charge in [0, 0.05) is 12.6 Å². The maximum absolute atomic E-state index is 14.0. The van der Waals surface area contributed by atoms with E-state index < -0.39 is 17.3 Å². The molecule has 1 aliphatic rings. The zero-order chi connectivity index (χ0) is 20.7. The van der Waals surface area contributed by atoms with Gasteiger partial charge < -0.3 is 0 Å². The molecular formula is C21H17FN4O2S. The number of amidine groups is 1. The Morgan fingerprint density at radius 1 is 1.03 bits per heavy atom. The fourth-order valence-corrected chi connectivity index (χ4v) is 4.07. The molecule has 4 rings (SSSR count). The molecule has 2 aromatic carbocycles. The van der Waals surface area contributed by atoms with Crippen LogP contribution in [0.5, 0.6) is 0 Å². The number of halogens is 1. The van der Waals surface area contributed by atoms with E-state index in [9.17, 15) is 14.0 Å². The molecule has 1 aliphatic heterocycles. The van der Waals surface area contributed by atoms with E-state index >= 15 is 0 Å². The fourth-order valence-electron chi connectivity index (χ4n) is 3.24. The third-order valence-corrected chi connectivity index (χ3v) is 5.65. The molecule has 0 unspecified atom stereocenters. The molecule has 1 fully saturated rings. The molecule has 1 amide bonds. The van der Waals surface area contributed by atoms with Crippen molar-refractivity contribution in [1.82, 2.24) is 9.36 Å². The van der Waals surface area contributed by atoms with Gasteiger partial charge in [-0.3, -0.25) is 19.7 Å². The van der Waals surface area contributed by atoms with Crippen LogP contribution in [0.2, 0.25) is 0 Å². The Bertz CT molecular complexity index is 1230. The van der Waals surface area contributed by atoms with E-state index in [4.69, 9.17) is 5.41 Å². The third kappa shape index (κ3) is 3.11. The number of nitrogens with zero attached hydrogens (tertiary/aromatic N) is 3. The lowest BCUT2D eigenvalue weighted by molar-refractivity contribution is -0.113. The van der Waals surface area contributed by atoms with Gasteiger partial charge in [0.25, 0.3) is 11.5 Å². The Kier molecular flexibility index (Phi) is 4.71. The molecular weight excluding hydrogens is 391 g/mol. The summed E-state index contributed by atoms with van der Waals surface area (Å²) in [6.07, 6.45) is 1.41. The molecule has 8 heteroatoms. The number of para-hydroxylation sites is 1. The van der Waals surface area contributed by atoms with E-state index in [2.05, 4.69) is 0 Å². The zero-order valence-electron chi connectivity index (χ0n) is 15.7. The van der Waals surface area contributed by atoms with Gasteiger partial charge in [-0.1, -0.05) is 36.4 Å². The highest BCUT2D eigenvalue weighted by Gasteiger charge is 2.38. The highest BCUT2D eigenvalue weighted by Crippen LogP contribution is 2.35. The van der Waals surface area contributed by atoms with Crippen LogP contribution in [-0.4, -0.2) is 20.4 Å². The lowest BCUT2D eigenvalue weighted by Gasteiger charge is -2.12. The number of carbonyl (C=O) groups is 1. The van der Waals surface area contributed by atoms with Crippen LogP contribution < -0.4 is 10.5 Å². The van der Waals surface area contributed by atoms with Crippen LogP contribution in [0.1, 0.15) is 11.3 Å². The van der Waals surface area contributed by atoms with Gasteiger partial charge in [-0.2, -0.15) is 0 Å². The first-order valence-corrected chi connectivity index (χ1v) is 9.63. The molecule has 2 heterocycles. The molecule has 6 nitrogen and oxygen atoms in total. The van der Waals surface area contributed by atoms with Crippen molar-refractivity contribution < 1.29 is 9.18 Å². The summed E-state index contributed by atoms with van der Waals surface area (Å²) in [5.74, 6) is -0.977. The summed E-state index contributed by atoms with van der Waals surface area (Å²) in [6, 6.07) is 15.2. The second kappa shape index (κ2) is 7.21. The van der Waals surface area contributed by atoms with Crippen LogP contribution in [0.25, 0.3) is 11.8 Å². The van der Waals surface area contributed by atoms with Crippen molar-refractivity contribution in [1.29, 1.82) is 5.41 Å². The molecule has 0 spiro atoms. The predicted octanol–water partition coefficient (Wildman–Crippen LogP) is 3.68. The summed E-state index contributed by atoms with van der Waals surface area (Å²) in [5.41, 5.74) is 1.18. The molecule has 0 saturated carbocycles. The minimum absolute atomic E-state index is 0.0939. The molecule has 0 aliphatic carbocycles. The zero-order valence-corrected chi connectivity index (χ0v) is 16.5. The number of rotatable bonds is 3. The lowest BCUT2D eigenvalue weighted by atomic mass is 10.2. The van der Waals surface area contributed by atoms with Crippen molar-refractivity contribution in [2.45, 2.75) is 6.92 Å². The molecule has 29 heavy (non-hydrogen) atoms. The largest absolute Gasteiger partial charge is 0.296 e. The van der Waals surface area contributed by atoms with Crippen molar-refractivity contribution in [3.63, 3.8) is 0 Å². The molecule has 3 aromatic rings. The highest BCUT2D eigenvalue weighted by molar-refractivity contribution is 8.19. The maximum Gasteiger partial charge on any atom is 0.296 e. The fraction of sp³-hybridized carbons (Fsp3) is 0.0952. The van der Waals surface area contributed by atoms with Gasteiger partial charge in [-0.15, -0.1) is 0 Å². The SMILES string of the molecule is Cc1c(N2C(=N)S/C(=C\c3ccccc3F)C2=O)c(=O)n(-c2ccccc2)n1C. The third-order valence-electron chi connectivity index (χ3n) is 4.76. The Morgan fingerprint density at radius 3 is 2.38 bits per heavy atom. The normalized spacial score (nSPS) is 15.6. The molecule has 1 aromatic heterocycles. The average molecular weight is 408 g/mol. The second-order valence-corrected chi connectivity index (χ2v) is 7.52. The first kappa shape index (κ1) is 18.9. The number of amides is 1. The van der Waals surface area contributed by atoms with Crippen LogP contribution in [0, 0.1) is 18.2 Å². The summed E-state index contributed by atoms with van der Waals surface area (Å²) in [7, 11) is 1.72. The smallest absolute Gasteiger partial charge is 0.283 e. The van der Waals surface area contributed by atoms with Crippen LogP contribution in [0.3, 0.4) is 0 Å². The monoisotopic (exact) mass is 408 g/mol. The molecule has 0 radical (unpaired) electrons. The summed E-state index contributed by atoms with van der Waals surface area (Å²) < 4.78 is 17.1. The summed E-state index contributed by atoms with van der Waals surface area (Å²) in [4.78, 5) is 27.5. The van der Waals surface area contributed by atoms with E-state index in [0.717, 1.165) is 16.7 Å². The summed E-state index contributed by atoms with van der Waals surface area (Å²) in [5, 5.41) is 8.18. The van der Waals surface area contributed by atoms with Crippen molar-refractivity contribution in [2.75, 3.05) is 4.90 Å². The molecule has 1 saturated heterocycles. The Balaban J connectivity index is 1.80. The van der Waals surface area contributed by atoms with Gasteiger partial charge in [0.2, 0.25) is 0 Å². The van der Waals surface area contributed by atoms with Crippen LogP contribution >= 0.6 is 11.8 Å². The number of hydrogen-bond acceptors (Lipinski definition) is 4. The number of nitrogens with one attached hydrogen (secondary N) is 1. The topological polar surface area (TPSA) is 71.1 Å². The number of carbonyl (C=O) groups excluding carboxylic acids is 1. The number of benzene rings is 2. The minimum atomic E-state index is -0.519. The van der Waals surface area contributed by atoms with E-state index in [0.29, 0.717) is 11.4 Å². The quantitative estimate of drug-likeness (QED) is 0.672. The summed E-state index contributed by atoms with van der Waals surface area (Å²) in [6.45, 7) is 1.72. The van der Waals surface area contributed by atoms with E-state index in [-0.39, 0.29) is 21.3 Å². The van der Waals surface area contributed by atoms with Crippen LogP contribution in [0.15, 0.2) is 64.3 Å². The van der Waals surface area contributed by atoms with E-state index in [1.165, 1.54) is 16.8 Å². The van der Waals surface area contributed by atoms with Crippen LogP contribution in [0.4, 0.5) is 10.1 Å². The standard InChI is InChI=1S/C21H17FN4O2S/c1-13-18(20(28)26(24(13)2)15-9-4-3-5-10-15)25-19(27)17(29-21(25)23)12-14-8-6-7-11-16(14)22/h3-12,23H,1-2H3/b17-12-,23-21?. The van der Waals surface area contributed by atoms with Gasteiger partial charge in [0.1, 0.15) is 11.5 Å². The van der Waals surface area contributed by atoms with Gasteiger partial charge >= 0.3 is 0 Å². The van der Waals surface area contributed by atoms with Gasteiger partial charge in [0.15, 0.2) is 5.17 Å². The van der Waals surface area contributed by atoms with Crippen molar-refractivity contribution in [2.24, 2.45) is 7.05 Å². The number of aromatic nitrogens is 2. The number of hydrogen-bond donors (Lipinski definition) is 1. The molecule has 0 bridgehead atoms. The van der Waals surface area contributed by atoms with Crippen molar-refractivity contribution >= 4 is 34.6 Å². The Morgan fingerprint density at radius 2 is 1.69 bits per heavy atom. The predicted molar refractivity (Wildman–Crippen MR) is 113 cm³/mol. The highest BCUT2D eigenvalue weighted by atomic mass is 32.2. The average Bonchev–Trinajstić information content (AvgIpc) is 3.10. The molecule has 146 valence electrons. The maximum atomic E-state index is 14.0. The van der Waals surface area contributed by atoms with Crippen LogP contribution in [-0.2, 0) is 11.8 Å². The second-order valence-electron chi connectivity index (χ2n) is 6.49. The van der Waals surface area contributed by atoms with Gasteiger partial charge in [-0.05, 0) is 43.0 Å². The summed E-state index contributed by atoms with van der Waals surface area (Å²) >= 11 is 0.905. The van der Waals surface area contributed by atoms with E-state index in [1.807, 2.05) is 18.2 Å². The first-order chi connectivity index (χ1) is 13.9. The number of thioether (sulfide) groups is 1. The molecule has 0 atom stereocenters. The first-order valence-electron chi connectivity index (χ1n) is 8.81.